The predicted octanol–water partition coefficient (Wildman–Crippen LogP) is 6.38. The average molecular weight is 665 g/mol. The third kappa shape index (κ3) is 8.75. The Kier molecular flexibility index (Phi) is 10.7. The van der Waals surface area contributed by atoms with Crippen LogP contribution in [0.5, 0.6) is 11.6 Å². The molecule has 1 amide bonds. The van der Waals surface area contributed by atoms with E-state index in [4.69, 9.17) is 14.2 Å². The first kappa shape index (κ1) is 33.0. The molecule has 4 aromatic carbocycles. The van der Waals surface area contributed by atoms with Crippen molar-refractivity contribution in [2.24, 2.45) is 0 Å². The van der Waals surface area contributed by atoms with E-state index in [0.717, 1.165) is 60.7 Å². The van der Waals surface area contributed by atoms with E-state index in [1.54, 1.807) is 0 Å². The van der Waals surface area contributed by atoms with Crippen LogP contribution < -0.4 is 9.47 Å². The Labute approximate surface area is 293 Å². The molecule has 0 saturated carbocycles. The van der Waals surface area contributed by atoms with Crippen LogP contribution in [0.15, 0.2) is 116 Å². The monoisotopic (exact) mass is 664 g/mol. The fourth-order valence-corrected chi connectivity index (χ4v) is 6.23. The number of carbonyl (C=O) groups excluding carboxylic acids is 1. The van der Waals surface area contributed by atoms with Crippen molar-refractivity contribution in [3.63, 3.8) is 0 Å². The molecule has 2 saturated heterocycles. The van der Waals surface area contributed by atoms with Gasteiger partial charge in [0.15, 0.2) is 0 Å². The van der Waals surface area contributed by atoms with Gasteiger partial charge in [0.1, 0.15) is 25.2 Å². The number of hydrogen-bond acceptors (Lipinski definition) is 7. The van der Waals surface area contributed by atoms with E-state index in [9.17, 15) is 4.79 Å². The Morgan fingerprint density at radius 2 is 1.32 bits per heavy atom. The van der Waals surface area contributed by atoms with Crippen LogP contribution in [0.2, 0.25) is 0 Å². The molecule has 2 fully saturated rings. The maximum absolute atomic E-state index is 13.3. The molecule has 1 aromatic heterocycles. The predicted molar refractivity (Wildman–Crippen MR) is 191 cm³/mol. The van der Waals surface area contributed by atoms with E-state index in [-0.39, 0.29) is 11.8 Å². The van der Waals surface area contributed by atoms with Gasteiger partial charge >= 0.3 is 0 Å². The van der Waals surface area contributed by atoms with Crippen molar-refractivity contribution in [2.45, 2.75) is 38.6 Å². The van der Waals surface area contributed by atoms with Crippen molar-refractivity contribution in [2.75, 3.05) is 32.8 Å². The van der Waals surface area contributed by atoms with Crippen molar-refractivity contribution < 1.29 is 19.0 Å². The van der Waals surface area contributed by atoms with Crippen LogP contribution in [0.1, 0.15) is 51.4 Å². The summed E-state index contributed by atoms with van der Waals surface area (Å²) >= 11 is 0. The molecule has 50 heavy (non-hydrogen) atoms. The first-order chi connectivity index (χ1) is 24.7. The highest BCUT2D eigenvalue weighted by Crippen LogP contribution is 2.34. The summed E-state index contributed by atoms with van der Waals surface area (Å²) in [6.45, 7) is 6.05. The van der Waals surface area contributed by atoms with Crippen LogP contribution in [0.3, 0.4) is 0 Å². The lowest BCUT2D eigenvalue weighted by Gasteiger charge is -2.26. The second-order valence-corrected chi connectivity index (χ2v) is 12.6. The molecule has 1 atom stereocenters. The molecule has 7 rings (SSSR count). The number of likely N-dealkylation sites (tertiary alicyclic amines) is 1. The Bertz CT molecular complexity index is 1920. The van der Waals surface area contributed by atoms with Gasteiger partial charge < -0.3 is 19.1 Å². The zero-order chi connectivity index (χ0) is 34.0. The Balaban J connectivity index is 0.994. The van der Waals surface area contributed by atoms with Gasteiger partial charge in [0.05, 0.1) is 19.8 Å². The highest BCUT2D eigenvalue weighted by Gasteiger charge is 2.32. The molecule has 8 heteroatoms. The number of benzene rings is 4. The highest BCUT2D eigenvalue weighted by molar-refractivity contribution is 5.79. The summed E-state index contributed by atoms with van der Waals surface area (Å²) in [5, 5.41) is 0. The molecule has 2 aliphatic heterocycles. The molecular weight excluding hydrogens is 624 g/mol. The summed E-state index contributed by atoms with van der Waals surface area (Å²) in [5.74, 6) is 7.55. The van der Waals surface area contributed by atoms with Crippen LogP contribution >= 0.6 is 0 Å². The third-order valence-electron chi connectivity index (χ3n) is 9.04. The van der Waals surface area contributed by atoms with Gasteiger partial charge in [0.2, 0.25) is 11.7 Å². The smallest absolute Gasteiger partial charge is 0.260 e. The molecule has 0 spiro atoms. The minimum absolute atomic E-state index is 0.0767. The Morgan fingerprint density at radius 3 is 1.98 bits per heavy atom. The topological polar surface area (TPSA) is 77.0 Å². The van der Waals surface area contributed by atoms with E-state index in [2.05, 4.69) is 63.1 Å². The summed E-state index contributed by atoms with van der Waals surface area (Å²) < 4.78 is 17.9. The van der Waals surface area contributed by atoms with Crippen molar-refractivity contribution >= 4 is 5.91 Å². The number of aromatic nitrogens is 2. The SMILES string of the molecule is O=C1CC(c2ccc(C#Cc3ccc(CN4CCOCC4)cc3)cc2)CN1Cc1ncnc(OCc2ccccc2)c1OCc1ccccc1. The average Bonchev–Trinajstić information content (AvgIpc) is 3.54. The maximum atomic E-state index is 13.3. The van der Waals surface area contributed by atoms with Gasteiger partial charge in [0, 0.05) is 49.6 Å². The van der Waals surface area contributed by atoms with Gasteiger partial charge in [-0.05, 0) is 46.5 Å². The maximum Gasteiger partial charge on any atom is 0.260 e. The van der Waals surface area contributed by atoms with Gasteiger partial charge in [0.25, 0.3) is 5.88 Å². The lowest BCUT2D eigenvalue weighted by molar-refractivity contribution is -0.128. The molecule has 5 aromatic rings. The first-order valence-corrected chi connectivity index (χ1v) is 17.1. The standard InChI is InChI=1S/C42H40N4O4/c47-40-25-38(37-19-17-33(18-20-37)12-11-32-13-15-34(16-14-32)26-45-21-23-48-24-22-45)27-46(40)28-39-41(49-29-35-7-3-1-4-8-35)42(44-31-43-39)50-30-36-9-5-2-6-10-36/h1-10,13-20,31,38H,21-30H2. The summed E-state index contributed by atoms with van der Waals surface area (Å²) in [5.41, 5.74) is 6.99. The van der Waals surface area contributed by atoms with Gasteiger partial charge in [-0.1, -0.05) is 96.8 Å². The van der Waals surface area contributed by atoms with Gasteiger partial charge in [-0.3, -0.25) is 9.69 Å². The van der Waals surface area contributed by atoms with E-state index in [1.807, 2.05) is 77.7 Å². The normalized spacial score (nSPS) is 16.1. The molecule has 252 valence electrons. The molecule has 1 unspecified atom stereocenters. The number of morpholine rings is 1. The summed E-state index contributed by atoms with van der Waals surface area (Å²) in [4.78, 5) is 26.5. The second kappa shape index (κ2) is 16.3. The molecule has 2 aliphatic rings. The zero-order valence-corrected chi connectivity index (χ0v) is 28.0. The molecule has 8 nitrogen and oxygen atoms in total. The van der Waals surface area contributed by atoms with Crippen LogP contribution in [-0.2, 0) is 35.8 Å². The molecular formula is C42H40N4O4. The number of nitrogens with zero attached hydrogens (tertiary/aromatic N) is 4. The van der Waals surface area contributed by atoms with Crippen molar-refractivity contribution in [1.82, 2.24) is 19.8 Å². The molecule has 0 aliphatic carbocycles. The molecule has 0 radical (unpaired) electrons. The highest BCUT2D eigenvalue weighted by atomic mass is 16.5. The summed E-state index contributed by atoms with van der Waals surface area (Å²) in [6.07, 6.45) is 1.91. The number of carbonyl (C=O) groups is 1. The number of hydrogen-bond donors (Lipinski definition) is 0. The lowest BCUT2D eigenvalue weighted by Crippen LogP contribution is -2.35. The first-order valence-electron chi connectivity index (χ1n) is 17.1. The number of rotatable bonds is 11. The van der Waals surface area contributed by atoms with E-state index in [0.29, 0.717) is 50.0 Å². The third-order valence-corrected chi connectivity index (χ3v) is 9.04. The fourth-order valence-electron chi connectivity index (χ4n) is 6.23. The Hall–Kier alpha value is -5.49. The van der Waals surface area contributed by atoms with Crippen LogP contribution in [0, 0.1) is 11.8 Å². The Morgan fingerprint density at radius 1 is 0.700 bits per heavy atom. The minimum atomic E-state index is 0.0767. The molecule has 0 bridgehead atoms. The van der Waals surface area contributed by atoms with Crippen LogP contribution in [0.4, 0.5) is 0 Å². The number of amides is 1. The van der Waals surface area contributed by atoms with Gasteiger partial charge in [-0.15, -0.1) is 0 Å². The zero-order valence-electron chi connectivity index (χ0n) is 28.0. The van der Waals surface area contributed by atoms with Gasteiger partial charge in [-0.25, -0.2) is 4.98 Å². The van der Waals surface area contributed by atoms with Gasteiger partial charge in [-0.2, -0.15) is 4.98 Å². The summed E-state index contributed by atoms with van der Waals surface area (Å²) in [7, 11) is 0. The molecule has 0 N–H and O–H groups in total. The van der Waals surface area contributed by atoms with E-state index in [1.165, 1.54) is 11.9 Å². The van der Waals surface area contributed by atoms with Crippen LogP contribution in [-0.4, -0.2) is 58.5 Å². The largest absolute Gasteiger partial charge is 0.482 e. The number of ether oxygens (including phenoxy) is 3. The van der Waals surface area contributed by atoms with Crippen molar-refractivity contribution in [3.05, 3.63) is 155 Å². The van der Waals surface area contributed by atoms with Crippen molar-refractivity contribution in [3.8, 4) is 23.5 Å². The minimum Gasteiger partial charge on any atom is -0.482 e. The second-order valence-electron chi connectivity index (χ2n) is 12.6. The van der Waals surface area contributed by atoms with E-state index < -0.39 is 0 Å². The lowest BCUT2D eigenvalue weighted by atomic mass is 9.97. The quantitative estimate of drug-likeness (QED) is 0.152. The van der Waals surface area contributed by atoms with E-state index >= 15 is 0 Å². The summed E-state index contributed by atoms with van der Waals surface area (Å²) in [6, 6.07) is 36.6. The molecule has 3 heterocycles. The fraction of sp³-hybridized carbons (Fsp3) is 0.262. The van der Waals surface area contributed by atoms with Crippen LogP contribution in [0.25, 0.3) is 0 Å². The van der Waals surface area contributed by atoms with Crippen molar-refractivity contribution in [1.29, 1.82) is 0 Å².